The molecule has 11 heavy (non-hydrogen) atoms. The summed E-state index contributed by atoms with van der Waals surface area (Å²) in [7, 11) is 0. The van der Waals surface area contributed by atoms with E-state index in [9.17, 15) is 0 Å². The molecule has 0 bridgehead atoms. The molecule has 0 heterocycles. The first-order chi connectivity index (χ1) is 5.04. The van der Waals surface area contributed by atoms with Crippen LogP contribution in [0.5, 0.6) is 0 Å². The molecule has 1 atom stereocenters. The maximum Gasteiger partial charge on any atom is 0.0556 e. The van der Waals surface area contributed by atoms with Crippen molar-refractivity contribution in [1.82, 2.24) is 5.32 Å². The van der Waals surface area contributed by atoms with E-state index in [0.717, 1.165) is 0 Å². The van der Waals surface area contributed by atoms with Gasteiger partial charge in [-0.05, 0) is 19.8 Å². The van der Waals surface area contributed by atoms with E-state index in [2.05, 4.69) is 33.0 Å². The molecule has 1 unspecified atom stereocenters. The van der Waals surface area contributed by atoms with Gasteiger partial charge >= 0.3 is 0 Å². The van der Waals surface area contributed by atoms with Crippen molar-refractivity contribution in [3.8, 4) is 0 Å². The molecular weight excluding hydrogens is 138 g/mol. The lowest BCUT2D eigenvalue weighted by molar-refractivity contribution is 0.224. The molecule has 0 saturated carbocycles. The minimum absolute atomic E-state index is 0.150. The van der Waals surface area contributed by atoms with E-state index in [0.29, 0.717) is 12.5 Å². The quantitative estimate of drug-likeness (QED) is 0.635. The third-order valence-corrected chi connectivity index (χ3v) is 2.54. The van der Waals surface area contributed by atoms with E-state index in [1.807, 2.05) is 0 Å². The molecule has 0 saturated heterocycles. The molecule has 0 aromatic heterocycles. The molecule has 0 amide bonds. The van der Waals surface area contributed by atoms with Crippen molar-refractivity contribution in [3.05, 3.63) is 0 Å². The molecular formula is C9H21NO. The number of rotatable bonds is 5. The predicted molar refractivity (Wildman–Crippen MR) is 48.6 cm³/mol. The third-order valence-electron chi connectivity index (χ3n) is 2.54. The molecule has 0 aliphatic heterocycles. The Bertz CT molecular complexity index is 102. The molecule has 0 aromatic rings. The average Bonchev–Trinajstić information content (AvgIpc) is 1.99. The van der Waals surface area contributed by atoms with Crippen molar-refractivity contribution in [2.24, 2.45) is 5.92 Å². The Morgan fingerprint density at radius 1 is 1.45 bits per heavy atom. The highest BCUT2D eigenvalue weighted by molar-refractivity contribution is 4.82. The van der Waals surface area contributed by atoms with E-state index in [-0.39, 0.29) is 12.1 Å². The van der Waals surface area contributed by atoms with Gasteiger partial charge in [0, 0.05) is 12.1 Å². The minimum Gasteiger partial charge on any atom is -0.395 e. The summed E-state index contributed by atoms with van der Waals surface area (Å²) in [5, 5.41) is 11.9. The summed E-state index contributed by atoms with van der Waals surface area (Å²) in [5.41, 5.74) is 0.150. The number of hydrogen-bond acceptors (Lipinski definition) is 2. The van der Waals surface area contributed by atoms with E-state index in [1.165, 1.54) is 6.42 Å². The Hall–Kier alpha value is -0.0800. The lowest BCUT2D eigenvalue weighted by atomic mass is 9.87. The largest absolute Gasteiger partial charge is 0.395 e. The van der Waals surface area contributed by atoms with E-state index in [1.54, 1.807) is 0 Å². The number of β-amino-alcohol motifs (C(OH)–C–C–N with tert-alkyl or cyclic N) is 1. The van der Waals surface area contributed by atoms with Crippen LogP contribution in [0.4, 0.5) is 0 Å². The lowest BCUT2D eigenvalue weighted by Gasteiger charge is -2.32. The smallest absolute Gasteiger partial charge is 0.0556 e. The van der Waals surface area contributed by atoms with Crippen molar-refractivity contribution in [3.63, 3.8) is 0 Å². The summed E-state index contributed by atoms with van der Waals surface area (Å²) in [6.07, 6.45) is 1.17. The summed E-state index contributed by atoms with van der Waals surface area (Å²) in [6.45, 7) is 9.68. The van der Waals surface area contributed by atoms with Crippen LogP contribution in [0.3, 0.4) is 0 Å². The highest BCUT2D eigenvalue weighted by Crippen LogP contribution is 2.18. The summed E-state index contributed by atoms with van der Waals surface area (Å²) in [6, 6.07) is 0. The van der Waals surface area contributed by atoms with Gasteiger partial charge in [0.15, 0.2) is 0 Å². The van der Waals surface area contributed by atoms with Gasteiger partial charge in [-0.2, -0.15) is 0 Å². The number of aliphatic hydroxyl groups is 1. The summed E-state index contributed by atoms with van der Waals surface area (Å²) in [5.74, 6) is 0.647. The lowest BCUT2D eigenvalue weighted by Crippen LogP contribution is -2.45. The third kappa shape index (κ3) is 3.73. The zero-order valence-corrected chi connectivity index (χ0v) is 8.15. The van der Waals surface area contributed by atoms with Gasteiger partial charge in [0.25, 0.3) is 0 Å². The Kier molecular flexibility index (Phi) is 4.69. The first kappa shape index (κ1) is 10.9. The molecule has 2 heteroatoms. The Labute approximate surface area is 70.0 Å². The molecule has 0 radical (unpaired) electrons. The number of aliphatic hydroxyl groups excluding tert-OH is 1. The standard InChI is InChI=1S/C9H21NO/c1-5-8(2)9(3,4)10-6-7-11/h8,10-11H,5-7H2,1-4H3. The van der Waals surface area contributed by atoms with Crippen LogP contribution in [-0.2, 0) is 0 Å². The molecule has 0 aliphatic carbocycles. The van der Waals surface area contributed by atoms with Gasteiger partial charge in [-0.3, -0.25) is 0 Å². The number of hydrogen-bond donors (Lipinski definition) is 2. The monoisotopic (exact) mass is 159 g/mol. The predicted octanol–water partition coefficient (Wildman–Crippen LogP) is 1.39. The van der Waals surface area contributed by atoms with Gasteiger partial charge in [-0.25, -0.2) is 0 Å². The highest BCUT2D eigenvalue weighted by atomic mass is 16.3. The Morgan fingerprint density at radius 2 is 2.00 bits per heavy atom. The van der Waals surface area contributed by atoms with Crippen LogP contribution in [-0.4, -0.2) is 23.8 Å². The van der Waals surface area contributed by atoms with E-state index < -0.39 is 0 Å². The summed E-state index contributed by atoms with van der Waals surface area (Å²) in [4.78, 5) is 0. The zero-order chi connectivity index (χ0) is 8.91. The van der Waals surface area contributed by atoms with Crippen LogP contribution in [0.15, 0.2) is 0 Å². The van der Waals surface area contributed by atoms with E-state index >= 15 is 0 Å². The fourth-order valence-electron chi connectivity index (χ4n) is 1.06. The fraction of sp³-hybridized carbons (Fsp3) is 1.00. The molecule has 68 valence electrons. The van der Waals surface area contributed by atoms with Crippen molar-refractivity contribution in [2.75, 3.05) is 13.2 Å². The van der Waals surface area contributed by atoms with Gasteiger partial charge in [0.05, 0.1) is 6.61 Å². The first-order valence-corrected chi connectivity index (χ1v) is 4.40. The van der Waals surface area contributed by atoms with Crippen molar-refractivity contribution in [2.45, 2.75) is 39.7 Å². The van der Waals surface area contributed by atoms with Crippen LogP contribution in [0, 0.1) is 5.92 Å². The van der Waals surface area contributed by atoms with Gasteiger partial charge < -0.3 is 10.4 Å². The average molecular weight is 159 g/mol. The SMILES string of the molecule is CCC(C)C(C)(C)NCCO. The van der Waals surface area contributed by atoms with Gasteiger partial charge in [-0.15, -0.1) is 0 Å². The van der Waals surface area contributed by atoms with Crippen LogP contribution in [0.2, 0.25) is 0 Å². The molecule has 0 rings (SSSR count). The Balaban J connectivity index is 3.77. The summed E-state index contributed by atoms with van der Waals surface area (Å²) >= 11 is 0. The fourth-order valence-corrected chi connectivity index (χ4v) is 1.06. The van der Waals surface area contributed by atoms with Crippen molar-refractivity contribution in [1.29, 1.82) is 0 Å². The van der Waals surface area contributed by atoms with E-state index in [4.69, 9.17) is 5.11 Å². The molecule has 0 spiro atoms. The van der Waals surface area contributed by atoms with Crippen LogP contribution >= 0.6 is 0 Å². The van der Waals surface area contributed by atoms with Crippen molar-refractivity contribution >= 4 is 0 Å². The van der Waals surface area contributed by atoms with Crippen LogP contribution < -0.4 is 5.32 Å². The second-order valence-electron chi connectivity index (χ2n) is 3.68. The molecule has 2 N–H and O–H groups in total. The topological polar surface area (TPSA) is 32.3 Å². The normalized spacial score (nSPS) is 15.0. The molecule has 0 aliphatic rings. The summed E-state index contributed by atoms with van der Waals surface area (Å²) < 4.78 is 0. The van der Waals surface area contributed by atoms with Crippen LogP contribution in [0.25, 0.3) is 0 Å². The maximum atomic E-state index is 8.62. The van der Waals surface area contributed by atoms with Crippen LogP contribution in [0.1, 0.15) is 34.1 Å². The second-order valence-corrected chi connectivity index (χ2v) is 3.68. The Morgan fingerprint density at radius 3 is 2.36 bits per heavy atom. The van der Waals surface area contributed by atoms with Crippen molar-refractivity contribution < 1.29 is 5.11 Å². The second kappa shape index (κ2) is 4.73. The molecule has 2 nitrogen and oxygen atoms in total. The molecule has 0 fully saturated rings. The van der Waals surface area contributed by atoms with Gasteiger partial charge in [0.2, 0.25) is 0 Å². The first-order valence-electron chi connectivity index (χ1n) is 4.40. The van der Waals surface area contributed by atoms with Gasteiger partial charge in [-0.1, -0.05) is 20.3 Å². The maximum absolute atomic E-state index is 8.62. The zero-order valence-electron chi connectivity index (χ0n) is 8.15. The number of nitrogens with one attached hydrogen (secondary N) is 1. The molecule has 0 aromatic carbocycles. The van der Waals surface area contributed by atoms with Gasteiger partial charge in [0.1, 0.15) is 0 Å². The highest BCUT2D eigenvalue weighted by Gasteiger charge is 2.22. The minimum atomic E-state index is 0.150.